The average Bonchev–Trinajstić information content (AvgIpc) is 2.61. The summed E-state index contributed by atoms with van der Waals surface area (Å²) < 4.78 is 0. The normalized spacial score (nSPS) is 21.4. The zero-order chi connectivity index (χ0) is 11.2. The highest BCUT2D eigenvalue weighted by atomic mass is 16.1. The largest absolute Gasteiger partial charge is 0.303 e. The summed E-state index contributed by atoms with van der Waals surface area (Å²) in [7, 11) is 0. The van der Waals surface area contributed by atoms with Gasteiger partial charge in [-0.1, -0.05) is 54.6 Å². The number of hydrogen-bond donors (Lipinski definition) is 0. The van der Waals surface area contributed by atoms with E-state index in [4.69, 9.17) is 0 Å². The minimum atomic E-state index is -0.0137. The number of hydrogen-bond acceptors (Lipinski definition) is 1. The number of benzene rings is 1. The van der Waals surface area contributed by atoms with E-state index in [-0.39, 0.29) is 5.92 Å². The molecular formula is C15H16O. The van der Waals surface area contributed by atoms with E-state index in [0.717, 1.165) is 24.7 Å². The summed E-state index contributed by atoms with van der Waals surface area (Å²) >= 11 is 0. The molecule has 1 heteroatoms. The van der Waals surface area contributed by atoms with Gasteiger partial charge in [0.25, 0.3) is 0 Å². The van der Waals surface area contributed by atoms with Crippen LogP contribution in [0.25, 0.3) is 0 Å². The van der Waals surface area contributed by atoms with Gasteiger partial charge in [0.15, 0.2) is 0 Å². The molecule has 16 heavy (non-hydrogen) atoms. The van der Waals surface area contributed by atoms with Crippen molar-refractivity contribution < 1.29 is 4.79 Å². The van der Waals surface area contributed by atoms with E-state index in [1.807, 2.05) is 30.3 Å². The van der Waals surface area contributed by atoms with Crippen LogP contribution in [-0.4, -0.2) is 6.29 Å². The first-order valence-electron chi connectivity index (χ1n) is 5.73. The molecule has 0 saturated carbocycles. The van der Waals surface area contributed by atoms with Crippen LogP contribution < -0.4 is 0 Å². The minimum absolute atomic E-state index is 0.0137. The zero-order valence-electron chi connectivity index (χ0n) is 9.25. The molecule has 1 aliphatic carbocycles. The van der Waals surface area contributed by atoms with E-state index in [1.165, 1.54) is 0 Å². The summed E-state index contributed by atoms with van der Waals surface area (Å²) in [5, 5.41) is 0. The lowest BCUT2D eigenvalue weighted by molar-refractivity contribution is -0.109. The van der Waals surface area contributed by atoms with Gasteiger partial charge in [-0.05, 0) is 24.3 Å². The van der Waals surface area contributed by atoms with Crippen molar-refractivity contribution in [1.29, 1.82) is 0 Å². The minimum Gasteiger partial charge on any atom is -0.303 e. The lowest BCUT2D eigenvalue weighted by Crippen LogP contribution is -2.11. The molecule has 1 aliphatic rings. The molecule has 2 atom stereocenters. The van der Waals surface area contributed by atoms with Crippen LogP contribution in [0.5, 0.6) is 0 Å². The molecule has 1 aromatic rings. The van der Waals surface area contributed by atoms with Crippen LogP contribution in [0.1, 0.15) is 24.3 Å². The van der Waals surface area contributed by atoms with Crippen molar-refractivity contribution in [3.05, 3.63) is 60.2 Å². The molecule has 2 unspecified atom stereocenters. The first kappa shape index (κ1) is 10.9. The third-order valence-electron chi connectivity index (χ3n) is 3.02. The van der Waals surface area contributed by atoms with Crippen LogP contribution in [0.2, 0.25) is 0 Å². The Morgan fingerprint density at radius 2 is 1.94 bits per heavy atom. The van der Waals surface area contributed by atoms with Gasteiger partial charge in [-0.15, -0.1) is 0 Å². The Morgan fingerprint density at radius 3 is 2.69 bits per heavy atom. The smallest absolute Gasteiger partial charge is 0.128 e. The van der Waals surface area contributed by atoms with Gasteiger partial charge in [0.05, 0.1) is 0 Å². The highest BCUT2D eigenvalue weighted by Crippen LogP contribution is 2.28. The lowest BCUT2D eigenvalue weighted by Gasteiger charge is -2.18. The molecule has 1 nitrogen and oxygen atoms in total. The SMILES string of the molecule is O=CC(c1ccccc1)C1C=CCC=CC1. The number of allylic oxidation sites excluding steroid dienone is 4. The van der Waals surface area contributed by atoms with Gasteiger partial charge in [0, 0.05) is 5.92 Å². The van der Waals surface area contributed by atoms with Gasteiger partial charge in [-0.2, -0.15) is 0 Å². The lowest BCUT2D eigenvalue weighted by atomic mass is 9.85. The van der Waals surface area contributed by atoms with Crippen molar-refractivity contribution in [2.24, 2.45) is 5.92 Å². The summed E-state index contributed by atoms with van der Waals surface area (Å²) in [5.74, 6) is 0.291. The fraction of sp³-hybridized carbons (Fsp3) is 0.267. The van der Waals surface area contributed by atoms with Gasteiger partial charge in [0.2, 0.25) is 0 Å². The second-order valence-electron chi connectivity index (χ2n) is 4.11. The third-order valence-corrected chi connectivity index (χ3v) is 3.02. The molecule has 82 valence electrons. The predicted octanol–water partition coefficient (Wildman–Crippen LogP) is 3.49. The molecule has 2 rings (SSSR count). The highest BCUT2D eigenvalue weighted by Gasteiger charge is 2.19. The molecule has 1 aromatic carbocycles. The first-order chi connectivity index (χ1) is 7.92. The Labute approximate surface area is 96.5 Å². The number of carbonyl (C=O) groups is 1. The van der Waals surface area contributed by atoms with Crippen molar-refractivity contribution in [3.63, 3.8) is 0 Å². The number of carbonyl (C=O) groups excluding carboxylic acids is 1. The maximum Gasteiger partial charge on any atom is 0.128 e. The van der Waals surface area contributed by atoms with E-state index >= 15 is 0 Å². The molecule has 0 heterocycles. The summed E-state index contributed by atoms with van der Waals surface area (Å²) in [6, 6.07) is 10.0. The molecular weight excluding hydrogens is 196 g/mol. The Bertz CT molecular complexity index is 389. The molecule has 0 amide bonds. The monoisotopic (exact) mass is 212 g/mol. The van der Waals surface area contributed by atoms with Crippen LogP contribution in [-0.2, 0) is 4.79 Å². The molecule has 0 spiro atoms. The molecule has 0 aliphatic heterocycles. The number of aldehydes is 1. The van der Waals surface area contributed by atoms with Crippen LogP contribution in [0.4, 0.5) is 0 Å². The van der Waals surface area contributed by atoms with Crippen molar-refractivity contribution in [1.82, 2.24) is 0 Å². The Balaban J connectivity index is 2.22. The Kier molecular flexibility index (Phi) is 3.71. The van der Waals surface area contributed by atoms with Gasteiger partial charge in [0.1, 0.15) is 6.29 Å². The van der Waals surface area contributed by atoms with Gasteiger partial charge in [-0.25, -0.2) is 0 Å². The maximum atomic E-state index is 11.3. The second kappa shape index (κ2) is 5.45. The van der Waals surface area contributed by atoms with E-state index in [0.29, 0.717) is 5.92 Å². The van der Waals surface area contributed by atoms with Crippen molar-refractivity contribution in [2.75, 3.05) is 0 Å². The van der Waals surface area contributed by atoms with Crippen LogP contribution in [0.15, 0.2) is 54.6 Å². The van der Waals surface area contributed by atoms with Crippen LogP contribution in [0.3, 0.4) is 0 Å². The van der Waals surface area contributed by atoms with Gasteiger partial charge in [-0.3, -0.25) is 0 Å². The second-order valence-corrected chi connectivity index (χ2v) is 4.11. The third kappa shape index (κ3) is 2.48. The number of rotatable bonds is 3. The van der Waals surface area contributed by atoms with E-state index in [9.17, 15) is 4.79 Å². The molecule has 0 aromatic heterocycles. The topological polar surface area (TPSA) is 17.1 Å². The summed E-state index contributed by atoms with van der Waals surface area (Å²) in [6.07, 6.45) is 11.7. The summed E-state index contributed by atoms with van der Waals surface area (Å²) in [6.45, 7) is 0. The van der Waals surface area contributed by atoms with E-state index < -0.39 is 0 Å². The van der Waals surface area contributed by atoms with Crippen LogP contribution >= 0.6 is 0 Å². The molecule has 0 saturated heterocycles. The van der Waals surface area contributed by atoms with Crippen molar-refractivity contribution in [3.8, 4) is 0 Å². The molecule has 0 fully saturated rings. The molecule has 0 bridgehead atoms. The summed E-state index contributed by atoms with van der Waals surface area (Å²) in [4.78, 5) is 11.3. The molecule has 0 radical (unpaired) electrons. The Hall–Kier alpha value is -1.63. The highest BCUT2D eigenvalue weighted by molar-refractivity contribution is 5.63. The van der Waals surface area contributed by atoms with Crippen LogP contribution in [0, 0.1) is 5.92 Å². The fourth-order valence-corrected chi connectivity index (χ4v) is 2.13. The van der Waals surface area contributed by atoms with E-state index in [1.54, 1.807) is 0 Å². The standard InChI is InChI=1S/C15H16O/c16-12-15(14-10-6-3-7-11-14)13-8-4-1-2-5-9-13/h1,3-7,9-13,15H,2,8H2. The zero-order valence-corrected chi connectivity index (χ0v) is 9.25. The van der Waals surface area contributed by atoms with Crippen molar-refractivity contribution >= 4 is 6.29 Å². The van der Waals surface area contributed by atoms with Gasteiger partial charge >= 0.3 is 0 Å². The van der Waals surface area contributed by atoms with E-state index in [2.05, 4.69) is 24.3 Å². The average molecular weight is 212 g/mol. The quantitative estimate of drug-likeness (QED) is 0.553. The van der Waals surface area contributed by atoms with Gasteiger partial charge < -0.3 is 4.79 Å². The summed E-state index contributed by atoms with van der Waals surface area (Å²) in [5.41, 5.74) is 1.11. The first-order valence-corrected chi connectivity index (χ1v) is 5.73. The predicted molar refractivity (Wildman–Crippen MR) is 66.3 cm³/mol. The maximum absolute atomic E-state index is 11.3. The fourth-order valence-electron chi connectivity index (χ4n) is 2.13. The van der Waals surface area contributed by atoms with Crippen molar-refractivity contribution in [2.45, 2.75) is 18.8 Å². The molecule has 0 N–H and O–H groups in total. The Morgan fingerprint density at radius 1 is 1.12 bits per heavy atom.